The molecule has 5 N–H and O–H groups in total. The van der Waals surface area contributed by atoms with Crippen LogP contribution in [-0.4, -0.2) is 88.9 Å². The monoisotopic (exact) mass is 645 g/mol. The molecule has 3 heterocycles. The number of nitrogens with two attached hydrogens (primary N) is 1. The molecule has 0 bridgehead atoms. The first-order chi connectivity index (χ1) is 21.0. The van der Waals surface area contributed by atoms with Crippen molar-refractivity contribution in [1.29, 1.82) is 0 Å². The van der Waals surface area contributed by atoms with E-state index in [1.807, 2.05) is 24.3 Å². The van der Waals surface area contributed by atoms with Gasteiger partial charge >= 0.3 is 0 Å². The molecule has 1 spiro atoms. The lowest BCUT2D eigenvalue weighted by atomic mass is 9.88. The first-order valence-corrected chi connectivity index (χ1v) is 17.4. The van der Waals surface area contributed by atoms with Crippen LogP contribution in [0.25, 0.3) is 11.1 Å². The van der Waals surface area contributed by atoms with Crippen LogP contribution >= 0.6 is 0 Å². The van der Waals surface area contributed by atoms with Crippen LogP contribution in [0.4, 0.5) is 0 Å². The van der Waals surface area contributed by atoms with Gasteiger partial charge in [0.25, 0.3) is 0 Å². The number of aromatic nitrogens is 1. The Morgan fingerprint density at radius 1 is 1.07 bits per heavy atom. The number of piperidine rings is 1. The van der Waals surface area contributed by atoms with Crippen molar-refractivity contribution < 1.29 is 31.4 Å². The van der Waals surface area contributed by atoms with Gasteiger partial charge in [-0.3, -0.25) is 4.98 Å². The smallest absolute Gasteiger partial charge is 0.244 e. The molecule has 2 atom stereocenters. The molecule has 2 saturated heterocycles. The number of ether oxygens (including phenoxy) is 2. The Balaban J connectivity index is 1.10. The normalized spacial score (nSPS) is 19.7. The van der Waals surface area contributed by atoms with E-state index >= 15 is 0 Å². The molecule has 2 fully saturated rings. The maximum Gasteiger partial charge on any atom is 0.244 e. The van der Waals surface area contributed by atoms with Crippen molar-refractivity contribution in [1.82, 2.24) is 19.3 Å². The molecule has 0 saturated carbocycles. The third-order valence-electron chi connectivity index (χ3n) is 8.19. The molecule has 1 aromatic heterocycles. The van der Waals surface area contributed by atoms with Crippen LogP contribution in [0.2, 0.25) is 0 Å². The zero-order valence-corrected chi connectivity index (χ0v) is 26.2. The lowest BCUT2D eigenvalue weighted by Crippen LogP contribution is -2.47. The summed E-state index contributed by atoms with van der Waals surface area (Å²) in [5.41, 5.74) is 7.85. The summed E-state index contributed by atoms with van der Waals surface area (Å²) in [6.45, 7) is 1.81. The number of nitrogens with zero attached hydrogens (tertiary/aromatic N) is 2. The van der Waals surface area contributed by atoms with Crippen molar-refractivity contribution >= 4 is 20.0 Å². The van der Waals surface area contributed by atoms with Crippen LogP contribution in [0.1, 0.15) is 24.8 Å². The average molecular weight is 646 g/mol. The highest BCUT2D eigenvalue weighted by Crippen LogP contribution is 2.37. The molecule has 14 heteroatoms. The lowest BCUT2D eigenvalue weighted by molar-refractivity contribution is -0.0312. The Morgan fingerprint density at radius 2 is 1.82 bits per heavy atom. The highest BCUT2D eigenvalue weighted by atomic mass is 32.2. The molecule has 2 aliphatic rings. The van der Waals surface area contributed by atoms with E-state index in [-0.39, 0.29) is 29.0 Å². The molecule has 2 aliphatic heterocycles. The third-order valence-corrected chi connectivity index (χ3v) is 11.5. The number of sulfonamides is 2. The van der Waals surface area contributed by atoms with E-state index in [0.29, 0.717) is 51.3 Å². The lowest BCUT2D eigenvalue weighted by Gasteiger charge is -2.38. The van der Waals surface area contributed by atoms with E-state index in [4.69, 9.17) is 15.2 Å². The predicted molar refractivity (Wildman–Crippen MR) is 165 cm³/mol. The maximum atomic E-state index is 13.5. The van der Waals surface area contributed by atoms with E-state index < -0.39 is 31.8 Å². The molecule has 5 rings (SSSR count). The second-order valence-electron chi connectivity index (χ2n) is 11.2. The topological polar surface area (TPSA) is 173 Å². The summed E-state index contributed by atoms with van der Waals surface area (Å²) in [5, 5.41) is 13.8. The fraction of sp³-hybridized carbons (Fsp3) is 0.433. The van der Waals surface area contributed by atoms with Gasteiger partial charge in [-0.25, -0.2) is 21.6 Å². The highest BCUT2D eigenvalue weighted by molar-refractivity contribution is 7.89. The van der Waals surface area contributed by atoms with Crippen molar-refractivity contribution in [2.24, 2.45) is 5.73 Å². The fourth-order valence-corrected chi connectivity index (χ4v) is 7.76. The molecule has 1 unspecified atom stereocenters. The van der Waals surface area contributed by atoms with Gasteiger partial charge < -0.3 is 25.6 Å². The quantitative estimate of drug-likeness (QED) is 0.226. The van der Waals surface area contributed by atoms with Crippen LogP contribution in [0.3, 0.4) is 0 Å². The number of pyridine rings is 1. The fourth-order valence-electron chi connectivity index (χ4n) is 5.56. The van der Waals surface area contributed by atoms with Gasteiger partial charge in [-0.1, -0.05) is 30.3 Å². The van der Waals surface area contributed by atoms with Crippen molar-refractivity contribution in [2.45, 2.75) is 53.3 Å². The number of hydrogen-bond acceptors (Lipinski definition) is 10. The molecule has 3 aromatic rings. The van der Waals surface area contributed by atoms with Gasteiger partial charge in [0.1, 0.15) is 23.4 Å². The molecule has 0 aliphatic carbocycles. The van der Waals surface area contributed by atoms with Crippen molar-refractivity contribution in [3.63, 3.8) is 0 Å². The van der Waals surface area contributed by atoms with E-state index in [2.05, 4.69) is 15.0 Å². The number of aliphatic hydroxyl groups excluding tert-OH is 1. The van der Waals surface area contributed by atoms with Crippen molar-refractivity contribution in [3.8, 4) is 16.9 Å². The van der Waals surface area contributed by atoms with Crippen LogP contribution in [0.15, 0.2) is 76.8 Å². The van der Waals surface area contributed by atoms with Crippen molar-refractivity contribution in [2.75, 3.05) is 39.9 Å². The summed E-state index contributed by atoms with van der Waals surface area (Å²) in [6.07, 6.45) is 4.05. The van der Waals surface area contributed by atoms with Crippen LogP contribution in [-0.2, 0) is 31.3 Å². The highest BCUT2D eigenvalue weighted by Gasteiger charge is 2.44. The van der Waals surface area contributed by atoms with Gasteiger partial charge in [0.2, 0.25) is 20.0 Å². The number of aliphatic hydroxyl groups is 1. The second kappa shape index (κ2) is 13.6. The zero-order chi connectivity index (χ0) is 31.4. The van der Waals surface area contributed by atoms with Gasteiger partial charge in [-0.2, -0.15) is 4.31 Å². The SMILES string of the molecule is CNS(=O)(=O)c1cccc(OC[C@@H](O)CNC2COC3(CCN(S(=O)(=O)c4cncc(-c5ccc(CN)cc5)c4)CC3)C2)c1. The summed E-state index contributed by atoms with van der Waals surface area (Å²) in [7, 11) is -5.99. The summed E-state index contributed by atoms with van der Waals surface area (Å²) >= 11 is 0. The van der Waals surface area contributed by atoms with Gasteiger partial charge in [0.05, 0.1) is 17.1 Å². The zero-order valence-electron chi connectivity index (χ0n) is 24.6. The average Bonchev–Trinajstić information content (AvgIpc) is 3.45. The number of rotatable bonds is 12. The first kappa shape index (κ1) is 32.4. The molecular weight excluding hydrogens is 606 g/mol. The number of benzene rings is 2. The van der Waals surface area contributed by atoms with E-state index in [1.54, 1.807) is 24.4 Å². The predicted octanol–water partition coefficient (Wildman–Crippen LogP) is 1.46. The Bertz CT molecular complexity index is 1640. The first-order valence-electron chi connectivity index (χ1n) is 14.5. The summed E-state index contributed by atoms with van der Waals surface area (Å²) in [6, 6.07) is 15.4. The van der Waals surface area contributed by atoms with Crippen LogP contribution in [0.5, 0.6) is 5.75 Å². The number of nitrogens with one attached hydrogen (secondary N) is 2. The summed E-state index contributed by atoms with van der Waals surface area (Å²) < 4.78 is 66.6. The Labute approximate surface area is 258 Å². The van der Waals surface area contributed by atoms with Crippen molar-refractivity contribution in [3.05, 3.63) is 72.6 Å². The van der Waals surface area contributed by atoms with Gasteiger partial charge in [0, 0.05) is 56.2 Å². The van der Waals surface area contributed by atoms with Gasteiger partial charge in [-0.05, 0) is 55.6 Å². The van der Waals surface area contributed by atoms with E-state index in [1.165, 1.54) is 29.7 Å². The van der Waals surface area contributed by atoms with E-state index in [9.17, 15) is 21.9 Å². The van der Waals surface area contributed by atoms with E-state index in [0.717, 1.165) is 16.7 Å². The van der Waals surface area contributed by atoms with Gasteiger partial charge in [-0.15, -0.1) is 0 Å². The van der Waals surface area contributed by atoms with Crippen LogP contribution < -0.4 is 20.5 Å². The molecule has 0 amide bonds. The largest absolute Gasteiger partial charge is 0.491 e. The molecule has 12 nitrogen and oxygen atoms in total. The number of hydrogen-bond donors (Lipinski definition) is 4. The Hall–Kier alpha value is -2.95. The minimum atomic E-state index is -3.73. The minimum Gasteiger partial charge on any atom is -0.491 e. The maximum absolute atomic E-state index is 13.5. The second-order valence-corrected chi connectivity index (χ2v) is 15.0. The molecule has 0 radical (unpaired) electrons. The molecule has 2 aromatic carbocycles. The Kier molecular flexibility index (Phi) is 10.0. The van der Waals surface area contributed by atoms with Gasteiger partial charge in [0.15, 0.2) is 0 Å². The van der Waals surface area contributed by atoms with Crippen LogP contribution in [0, 0.1) is 0 Å². The summed E-state index contributed by atoms with van der Waals surface area (Å²) in [4.78, 5) is 4.45. The third kappa shape index (κ3) is 7.46. The Morgan fingerprint density at radius 3 is 2.52 bits per heavy atom. The minimum absolute atomic E-state index is 0.00319. The molecular formula is C30H39N5O7S2. The standard InChI is InChI=1S/C30H39N5O7S2/c1-32-43(37,38)28-4-2-3-27(14-28)41-21-26(36)18-34-25-15-30(42-20-25)9-11-35(12-10-30)44(39,40)29-13-24(17-33-19-29)23-7-5-22(16-31)6-8-23/h2-8,13-14,17,19,25-26,32,34,36H,9-12,15-16,18,20-21,31H2,1H3/t25?,26-/m0/s1. The summed E-state index contributed by atoms with van der Waals surface area (Å²) in [5.74, 6) is 0.342. The molecule has 44 heavy (non-hydrogen) atoms. The molecule has 238 valence electrons.